The first-order valence-electron chi connectivity index (χ1n) is 8.37. The van der Waals surface area contributed by atoms with E-state index in [1.54, 1.807) is 0 Å². The summed E-state index contributed by atoms with van der Waals surface area (Å²) in [5.74, 6) is 0. The zero-order chi connectivity index (χ0) is 17.3. The van der Waals surface area contributed by atoms with Crippen LogP contribution in [-0.2, 0) is 0 Å². The fourth-order valence-electron chi connectivity index (χ4n) is 3.41. The van der Waals surface area contributed by atoms with Gasteiger partial charge in [0.25, 0.3) is 0 Å². The summed E-state index contributed by atoms with van der Waals surface area (Å²) in [5, 5.41) is 4.35. The number of hydrogen-bond donors (Lipinski definition) is 2. The molecule has 0 saturated carbocycles. The highest BCUT2D eigenvalue weighted by Gasteiger charge is 2.41. The summed E-state index contributed by atoms with van der Waals surface area (Å²) in [4.78, 5) is 10.4. The topological polar surface area (TPSA) is 44.0 Å². The molecule has 2 aromatic rings. The van der Waals surface area contributed by atoms with Crippen molar-refractivity contribution in [3.8, 4) is 0 Å². The van der Waals surface area contributed by atoms with Crippen LogP contribution in [0.4, 0.5) is 0 Å². The minimum atomic E-state index is 0.0815. The summed E-state index contributed by atoms with van der Waals surface area (Å²) in [7, 11) is 0. The molecule has 0 bridgehead atoms. The Morgan fingerprint density at radius 1 is 1.29 bits per heavy atom. The standard InChI is InChI=1S/C18H23IN4S/c1-4-5-10-23-17(14-11(2)21-12(3)15(14)19)16(22-18(23)24)13-8-6-7-9-20-13/h6-9,16-17,21H,4-5,10H2,1-3H3,(H,22,24)/t16-,17-/m1/s1. The number of rotatable bonds is 5. The largest absolute Gasteiger partial charge is 0.362 e. The van der Waals surface area contributed by atoms with E-state index in [9.17, 15) is 0 Å². The van der Waals surface area contributed by atoms with Gasteiger partial charge >= 0.3 is 0 Å². The molecule has 1 saturated heterocycles. The zero-order valence-electron chi connectivity index (χ0n) is 14.3. The molecule has 0 amide bonds. The molecule has 128 valence electrons. The van der Waals surface area contributed by atoms with Crippen LogP contribution in [0.5, 0.6) is 0 Å². The van der Waals surface area contributed by atoms with Crippen molar-refractivity contribution in [3.63, 3.8) is 0 Å². The molecule has 3 rings (SSSR count). The Hall–Kier alpha value is -1.15. The number of hydrogen-bond acceptors (Lipinski definition) is 2. The summed E-state index contributed by atoms with van der Waals surface area (Å²) in [6.45, 7) is 7.47. The van der Waals surface area contributed by atoms with Crippen molar-refractivity contribution in [3.05, 3.63) is 50.6 Å². The summed E-state index contributed by atoms with van der Waals surface area (Å²) >= 11 is 8.13. The minimum absolute atomic E-state index is 0.0815. The lowest BCUT2D eigenvalue weighted by Crippen LogP contribution is -2.31. The quantitative estimate of drug-likeness (QED) is 0.519. The van der Waals surface area contributed by atoms with E-state index in [-0.39, 0.29) is 12.1 Å². The van der Waals surface area contributed by atoms with Crippen molar-refractivity contribution in [1.82, 2.24) is 20.2 Å². The van der Waals surface area contributed by atoms with Gasteiger partial charge in [0.1, 0.15) is 0 Å². The fourth-order valence-corrected chi connectivity index (χ4v) is 4.60. The van der Waals surface area contributed by atoms with E-state index in [0.29, 0.717) is 0 Å². The monoisotopic (exact) mass is 454 g/mol. The summed E-state index contributed by atoms with van der Waals surface area (Å²) in [6, 6.07) is 6.33. The molecule has 2 N–H and O–H groups in total. The van der Waals surface area contributed by atoms with Crippen LogP contribution in [0.3, 0.4) is 0 Å². The molecule has 4 nitrogen and oxygen atoms in total. The van der Waals surface area contributed by atoms with Crippen LogP contribution in [0.2, 0.25) is 0 Å². The third-order valence-corrected chi connectivity index (χ3v) is 6.33. The van der Waals surface area contributed by atoms with Gasteiger partial charge < -0.3 is 15.2 Å². The number of H-pyrrole nitrogens is 1. The number of thiocarbonyl (C=S) groups is 1. The molecular formula is C18H23IN4S. The van der Waals surface area contributed by atoms with E-state index >= 15 is 0 Å². The molecule has 0 radical (unpaired) electrons. The van der Waals surface area contributed by atoms with Gasteiger partial charge in [-0.2, -0.15) is 0 Å². The van der Waals surface area contributed by atoms with Crippen LogP contribution < -0.4 is 5.32 Å². The smallest absolute Gasteiger partial charge is 0.170 e. The molecule has 2 aromatic heterocycles. The van der Waals surface area contributed by atoms with E-state index in [0.717, 1.165) is 30.2 Å². The lowest BCUT2D eigenvalue weighted by molar-refractivity contribution is 0.311. The second-order valence-electron chi connectivity index (χ2n) is 6.28. The molecule has 1 aliphatic rings. The molecule has 0 spiro atoms. The molecule has 0 unspecified atom stereocenters. The van der Waals surface area contributed by atoms with Gasteiger partial charge in [-0.05, 0) is 67.2 Å². The number of aromatic nitrogens is 2. The van der Waals surface area contributed by atoms with E-state index in [4.69, 9.17) is 12.2 Å². The van der Waals surface area contributed by atoms with Gasteiger partial charge in [0.05, 0.1) is 17.8 Å². The summed E-state index contributed by atoms with van der Waals surface area (Å²) in [6.07, 6.45) is 4.14. The van der Waals surface area contributed by atoms with Gasteiger partial charge in [-0.25, -0.2) is 0 Å². The lowest BCUT2D eigenvalue weighted by atomic mass is 9.96. The van der Waals surface area contributed by atoms with Crippen molar-refractivity contribution < 1.29 is 0 Å². The Balaban J connectivity index is 2.07. The zero-order valence-corrected chi connectivity index (χ0v) is 17.2. The van der Waals surface area contributed by atoms with Crippen molar-refractivity contribution in [1.29, 1.82) is 0 Å². The number of unbranched alkanes of at least 4 members (excludes halogenated alkanes) is 1. The van der Waals surface area contributed by atoms with Gasteiger partial charge in [0, 0.05) is 33.3 Å². The van der Waals surface area contributed by atoms with Gasteiger partial charge in [0.2, 0.25) is 0 Å². The third-order valence-electron chi connectivity index (χ3n) is 4.59. The number of aromatic amines is 1. The minimum Gasteiger partial charge on any atom is -0.362 e. The molecule has 6 heteroatoms. The summed E-state index contributed by atoms with van der Waals surface area (Å²) < 4.78 is 1.30. The second-order valence-corrected chi connectivity index (χ2v) is 7.74. The fraction of sp³-hybridized carbons (Fsp3) is 0.444. The van der Waals surface area contributed by atoms with E-state index in [2.05, 4.69) is 69.6 Å². The Morgan fingerprint density at radius 3 is 2.67 bits per heavy atom. The van der Waals surface area contributed by atoms with Crippen LogP contribution in [-0.4, -0.2) is 26.5 Å². The van der Waals surface area contributed by atoms with Crippen LogP contribution in [0.25, 0.3) is 0 Å². The van der Waals surface area contributed by atoms with E-state index in [1.807, 2.05) is 18.3 Å². The first-order valence-corrected chi connectivity index (χ1v) is 9.86. The molecule has 1 aliphatic heterocycles. The molecule has 24 heavy (non-hydrogen) atoms. The number of nitrogens with one attached hydrogen (secondary N) is 2. The highest BCUT2D eigenvalue weighted by Crippen LogP contribution is 2.42. The predicted octanol–water partition coefficient (Wildman–Crippen LogP) is 4.40. The van der Waals surface area contributed by atoms with Crippen molar-refractivity contribution in [2.24, 2.45) is 0 Å². The van der Waals surface area contributed by atoms with Crippen LogP contribution in [0, 0.1) is 17.4 Å². The third kappa shape index (κ3) is 3.18. The van der Waals surface area contributed by atoms with Crippen molar-refractivity contribution >= 4 is 39.9 Å². The first kappa shape index (κ1) is 17.7. The highest BCUT2D eigenvalue weighted by atomic mass is 127. The average molecular weight is 454 g/mol. The highest BCUT2D eigenvalue weighted by molar-refractivity contribution is 14.1. The van der Waals surface area contributed by atoms with E-state index < -0.39 is 0 Å². The normalized spacial score (nSPS) is 20.5. The Morgan fingerprint density at radius 2 is 2.08 bits per heavy atom. The van der Waals surface area contributed by atoms with E-state index in [1.165, 1.54) is 20.5 Å². The van der Waals surface area contributed by atoms with Crippen molar-refractivity contribution in [2.75, 3.05) is 6.54 Å². The maximum absolute atomic E-state index is 5.68. The first-order chi connectivity index (χ1) is 11.5. The number of halogens is 1. The van der Waals surface area contributed by atoms with Gasteiger partial charge in [0.15, 0.2) is 5.11 Å². The van der Waals surface area contributed by atoms with Crippen LogP contribution in [0.1, 0.15) is 54.5 Å². The maximum atomic E-state index is 5.68. The van der Waals surface area contributed by atoms with Gasteiger partial charge in [-0.15, -0.1) is 0 Å². The van der Waals surface area contributed by atoms with Gasteiger partial charge in [-0.1, -0.05) is 19.4 Å². The Kier molecular flexibility index (Phi) is 5.44. The van der Waals surface area contributed by atoms with Gasteiger partial charge in [-0.3, -0.25) is 4.98 Å². The van der Waals surface area contributed by atoms with Crippen molar-refractivity contribution in [2.45, 2.75) is 45.7 Å². The SMILES string of the molecule is CCCCN1C(=S)N[C@H](c2ccccn2)[C@H]1c1c(C)[nH]c(C)c1I. The Labute approximate surface area is 162 Å². The molecule has 2 atom stereocenters. The number of pyridine rings is 1. The summed E-state index contributed by atoms with van der Waals surface area (Å²) in [5.41, 5.74) is 4.82. The maximum Gasteiger partial charge on any atom is 0.170 e. The molecular weight excluding hydrogens is 431 g/mol. The number of nitrogens with zero attached hydrogens (tertiary/aromatic N) is 2. The molecule has 0 aliphatic carbocycles. The number of aryl methyl sites for hydroxylation is 2. The second kappa shape index (κ2) is 7.39. The predicted molar refractivity (Wildman–Crippen MR) is 110 cm³/mol. The Bertz CT molecular complexity index is 728. The van der Waals surface area contributed by atoms with Crippen LogP contribution >= 0.6 is 34.8 Å². The average Bonchev–Trinajstić information content (AvgIpc) is 3.02. The molecule has 3 heterocycles. The molecule has 1 fully saturated rings. The van der Waals surface area contributed by atoms with Crippen LogP contribution in [0.15, 0.2) is 24.4 Å². The lowest BCUT2D eigenvalue weighted by Gasteiger charge is -2.28. The molecule has 0 aromatic carbocycles.